The van der Waals surface area contributed by atoms with Crippen LogP contribution in [0.3, 0.4) is 0 Å². The van der Waals surface area contributed by atoms with Crippen LogP contribution >= 0.6 is 0 Å². The molecule has 2 fully saturated rings. The molecule has 2 aliphatic heterocycles. The number of rotatable bonds is 12. The van der Waals surface area contributed by atoms with E-state index < -0.39 is 43.2 Å². The summed E-state index contributed by atoms with van der Waals surface area (Å²) in [6, 6.07) is 15.8. The number of hydrogen-bond acceptors (Lipinski definition) is 11. The highest BCUT2D eigenvalue weighted by atomic mass is 32.2. The number of anilines is 2. The quantitative estimate of drug-likeness (QED) is 0.0806. The van der Waals surface area contributed by atoms with Crippen molar-refractivity contribution in [2.75, 3.05) is 56.2 Å². The molecule has 0 spiro atoms. The van der Waals surface area contributed by atoms with Gasteiger partial charge in [-0.3, -0.25) is 19.8 Å². The zero-order chi connectivity index (χ0) is 45.4. The molecular formula is C46H50F3N7O7S. The number of aryl methyl sites for hydroxylation is 1. The Morgan fingerprint density at radius 2 is 1.80 bits per heavy atom. The molecule has 0 atom stereocenters. The third-order valence-corrected chi connectivity index (χ3v) is 13.6. The summed E-state index contributed by atoms with van der Waals surface area (Å²) < 4.78 is 81.7. The molecule has 0 saturated carbocycles. The van der Waals surface area contributed by atoms with E-state index in [-0.39, 0.29) is 28.5 Å². The number of H-pyrrole nitrogens is 1. The number of nitro benzene ring substituents is 1. The number of nitrogens with one attached hydrogen (secondary N) is 3. The molecule has 3 aliphatic rings. The molecule has 14 nitrogen and oxygen atoms in total. The number of nitrogens with zero attached hydrogens (tertiary/aromatic N) is 4. The Morgan fingerprint density at radius 1 is 1.03 bits per heavy atom. The maximum Gasteiger partial charge on any atom is 0.416 e. The number of carbonyl (C=O) groups is 1. The molecule has 2 aromatic heterocycles. The summed E-state index contributed by atoms with van der Waals surface area (Å²) in [6.45, 7) is 10.4. The van der Waals surface area contributed by atoms with Crippen LogP contribution in [0.4, 0.5) is 30.2 Å². The maximum absolute atomic E-state index is 13.9. The minimum absolute atomic E-state index is 0.0117. The molecule has 0 radical (unpaired) electrons. The first-order valence-corrected chi connectivity index (χ1v) is 22.7. The van der Waals surface area contributed by atoms with Gasteiger partial charge in [0.1, 0.15) is 22.8 Å². The van der Waals surface area contributed by atoms with Gasteiger partial charge in [-0.15, -0.1) is 0 Å². The molecule has 3 N–H and O–H groups in total. The van der Waals surface area contributed by atoms with Gasteiger partial charge < -0.3 is 24.7 Å². The number of sulfonamides is 1. The summed E-state index contributed by atoms with van der Waals surface area (Å²) in [5.74, 6) is -0.632. The van der Waals surface area contributed by atoms with Crippen LogP contribution in [0.5, 0.6) is 11.5 Å². The molecule has 1 amide bonds. The molecule has 0 bridgehead atoms. The van der Waals surface area contributed by atoms with E-state index in [9.17, 15) is 36.5 Å². The Labute approximate surface area is 369 Å². The van der Waals surface area contributed by atoms with Gasteiger partial charge in [0.15, 0.2) is 0 Å². The first kappa shape index (κ1) is 44.6. The predicted octanol–water partition coefficient (Wildman–Crippen LogP) is 9.09. The van der Waals surface area contributed by atoms with Crippen LogP contribution < -0.4 is 19.7 Å². The highest BCUT2D eigenvalue weighted by Crippen LogP contribution is 2.45. The second kappa shape index (κ2) is 17.9. The number of hydrogen-bond donors (Lipinski definition) is 3. The molecule has 338 valence electrons. The number of ether oxygens (including phenoxy) is 2. The van der Waals surface area contributed by atoms with Crippen molar-refractivity contribution >= 4 is 49.6 Å². The number of pyridine rings is 1. The number of fused-ring (bicyclic) bond motifs is 1. The first-order valence-electron chi connectivity index (χ1n) is 21.2. The molecule has 18 heteroatoms. The van der Waals surface area contributed by atoms with Crippen LogP contribution in [-0.4, -0.2) is 86.1 Å². The Bertz CT molecular complexity index is 2720. The van der Waals surface area contributed by atoms with E-state index >= 15 is 0 Å². The highest BCUT2D eigenvalue weighted by molar-refractivity contribution is 7.90. The van der Waals surface area contributed by atoms with Gasteiger partial charge in [-0.25, -0.2) is 18.1 Å². The smallest absolute Gasteiger partial charge is 0.416 e. The van der Waals surface area contributed by atoms with Gasteiger partial charge in [0.25, 0.3) is 21.6 Å². The van der Waals surface area contributed by atoms with Crippen molar-refractivity contribution in [2.24, 2.45) is 5.41 Å². The number of allylic oxidation sites excluding steroid dienone is 1. The average molecular weight is 902 g/mol. The number of benzene rings is 3. The largest absolute Gasteiger partial charge is 0.455 e. The normalized spacial score (nSPS) is 17.7. The lowest BCUT2D eigenvalue weighted by atomic mass is 9.72. The highest BCUT2D eigenvalue weighted by Gasteiger charge is 2.34. The summed E-state index contributed by atoms with van der Waals surface area (Å²) in [5.41, 5.74) is 4.17. The second-order valence-electron chi connectivity index (χ2n) is 17.5. The topological polar surface area (TPSA) is 172 Å². The summed E-state index contributed by atoms with van der Waals surface area (Å²) in [4.78, 5) is 36.8. The summed E-state index contributed by atoms with van der Waals surface area (Å²) >= 11 is 0. The SMILES string of the molecule is Cc1cc(C(F)(F)F)ccc1C1=C(CN2CCN(c3ccc(C(=O)NS(=O)(=O)c4ccc(NC5CCOCC5)c([N+](=O)[O-])c4)c(Oc4cnc5[nH]ccc5c4)c3)CC2)CCC(C)(C)C1. The summed E-state index contributed by atoms with van der Waals surface area (Å²) in [5, 5.41) is 15.9. The number of nitro groups is 1. The molecule has 64 heavy (non-hydrogen) atoms. The zero-order valence-electron chi connectivity index (χ0n) is 35.8. The Kier molecular flexibility index (Phi) is 12.5. The standard InChI is InChI=1S/C46H50F3N7O7S/c1-29-22-32(46(47,48)49)4-7-37(29)39-26-45(2,3)14-10-31(39)28-54-16-18-55(19-17-54)34-5-8-38(42(24-34)63-35-23-30-11-15-50-43(30)51-27-35)44(57)53-64(60,61)36-6-9-40(41(25-36)56(58)59)52-33-12-20-62-21-13-33/h4-9,11,15,22-25,27,33,52H,10,12-14,16-21,26,28H2,1-3H3,(H,50,51)(H,53,57). The number of carbonyl (C=O) groups excluding carboxylic acids is 1. The van der Waals surface area contributed by atoms with Gasteiger partial charge in [0.05, 0.1) is 27.1 Å². The van der Waals surface area contributed by atoms with E-state index in [4.69, 9.17) is 9.47 Å². The van der Waals surface area contributed by atoms with Crippen LogP contribution in [0.25, 0.3) is 16.6 Å². The van der Waals surface area contributed by atoms with Crippen LogP contribution in [-0.2, 0) is 20.9 Å². The number of aromatic nitrogens is 2. The van der Waals surface area contributed by atoms with Crippen molar-refractivity contribution in [1.29, 1.82) is 0 Å². The molecule has 3 aromatic carbocycles. The fourth-order valence-electron chi connectivity index (χ4n) is 8.74. The lowest BCUT2D eigenvalue weighted by Gasteiger charge is -2.39. The van der Waals surface area contributed by atoms with Crippen LogP contribution in [0, 0.1) is 22.5 Å². The minimum atomic E-state index is -4.60. The first-order chi connectivity index (χ1) is 30.4. The lowest BCUT2D eigenvalue weighted by molar-refractivity contribution is -0.384. The van der Waals surface area contributed by atoms with Crippen molar-refractivity contribution in [3.63, 3.8) is 0 Å². The second-order valence-corrected chi connectivity index (χ2v) is 19.2. The minimum Gasteiger partial charge on any atom is -0.455 e. The van der Waals surface area contributed by atoms with Crippen molar-refractivity contribution < 1.29 is 40.8 Å². The molecule has 4 heterocycles. The van der Waals surface area contributed by atoms with E-state index in [1.165, 1.54) is 42.1 Å². The predicted molar refractivity (Wildman–Crippen MR) is 237 cm³/mol. The Morgan fingerprint density at radius 3 is 2.52 bits per heavy atom. The van der Waals surface area contributed by atoms with Crippen molar-refractivity contribution in [3.05, 3.63) is 117 Å². The molecule has 2 saturated heterocycles. The van der Waals surface area contributed by atoms with Gasteiger partial charge >= 0.3 is 6.18 Å². The van der Waals surface area contributed by atoms with Gasteiger partial charge in [-0.05, 0) is 110 Å². The molecule has 1 aliphatic carbocycles. The number of amides is 1. The van der Waals surface area contributed by atoms with E-state index in [1.807, 2.05) is 6.07 Å². The number of halogens is 3. The van der Waals surface area contributed by atoms with Crippen LogP contribution in [0.1, 0.15) is 73.0 Å². The van der Waals surface area contributed by atoms with E-state index in [2.05, 4.69) is 43.7 Å². The van der Waals surface area contributed by atoms with Crippen LogP contribution in [0.2, 0.25) is 0 Å². The zero-order valence-corrected chi connectivity index (χ0v) is 36.6. The number of aromatic amines is 1. The monoisotopic (exact) mass is 901 g/mol. The van der Waals surface area contributed by atoms with Crippen molar-refractivity contribution in [2.45, 2.75) is 70.0 Å². The maximum atomic E-state index is 13.9. The van der Waals surface area contributed by atoms with Gasteiger partial charge in [0.2, 0.25) is 0 Å². The van der Waals surface area contributed by atoms with E-state index in [0.717, 1.165) is 47.5 Å². The fraction of sp³-hybridized carbons (Fsp3) is 0.391. The fourth-order valence-corrected chi connectivity index (χ4v) is 9.72. The number of alkyl halides is 3. The lowest BCUT2D eigenvalue weighted by Crippen LogP contribution is -2.47. The molecular weight excluding hydrogens is 852 g/mol. The van der Waals surface area contributed by atoms with E-state index in [1.54, 1.807) is 37.4 Å². The van der Waals surface area contributed by atoms with Crippen molar-refractivity contribution in [1.82, 2.24) is 19.6 Å². The molecule has 8 rings (SSSR count). The third-order valence-electron chi connectivity index (χ3n) is 12.3. The van der Waals surface area contributed by atoms with Gasteiger partial charge in [-0.2, -0.15) is 13.2 Å². The van der Waals surface area contributed by atoms with Crippen molar-refractivity contribution in [3.8, 4) is 11.5 Å². The Balaban J connectivity index is 1.02. The average Bonchev–Trinajstić information content (AvgIpc) is 3.72. The molecule has 0 unspecified atom stereocenters. The molecule has 5 aromatic rings. The van der Waals surface area contributed by atoms with E-state index in [0.29, 0.717) is 75.7 Å². The third kappa shape index (κ3) is 10.0. The summed E-state index contributed by atoms with van der Waals surface area (Å²) in [7, 11) is -4.60. The number of piperazine rings is 1. The van der Waals surface area contributed by atoms with Gasteiger partial charge in [0, 0.05) is 81.4 Å². The van der Waals surface area contributed by atoms with Crippen LogP contribution in [0.15, 0.2) is 89.6 Å². The Hall–Kier alpha value is -5.98. The summed E-state index contributed by atoms with van der Waals surface area (Å²) in [6.07, 6.45) is 2.67. The van der Waals surface area contributed by atoms with Gasteiger partial charge in [-0.1, -0.05) is 25.5 Å².